The molecule has 19 heavy (non-hydrogen) atoms. The Balaban J connectivity index is 2.20. The van der Waals surface area contributed by atoms with Gasteiger partial charge in [0.15, 0.2) is 0 Å². The maximum atomic E-state index is 5.39. The monoisotopic (exact) mass is 263 g/mol. The Morgan fingerprint density at radius 1 is 1.32 bits per heavy atom. The molecule has 0 spiro atoms. The van der Waals surface area contributed by atoms with Gasteiger partial charge in [0, 0.05) is 18.3 Å². The van der Waals surface area contributed by atoms with Crippen molar-refractivity contribution in [1.29, 1.82) is 0 Å². The average Bonchev–Trinajstić information content (AvgIpc) is 2.46. The molecular formula is C15H25N3O. The normalized spacial score (nSPS) is 27.2. The third kappa shape index (κ3) is 3.44. The first-order valence-corrected chi connectivity index (χ1v) is 7.31. The van der Waals surface area contributed by atoms with Crippen molar-refractivity contribution in [2.24, 2.45) is 11.8 Å². The second kappa shape index (κ2) is 6.85. The minimum atomic E-state index is 0.464. The second-order valence-corrected chi connectivity index (χ2v) is 5.54. The zero-order chi connectivity index (χ0) is 13.7. The van der Waals surface area contributed by atoms with E-state index in [1.54, 1.807) is 19.5 Å². The number of aromatic nitrogens is 2. The van der Waals surface area contributed by atoms with Gasteiger partial charge in [-0.05, 0) is 37.8 Å². The van der Waals surface area contributed by atoms with Crippen LogP contribution in [0.2, 0.25) is 0 Å². The molecule has 0 aromatic carbocycles. The van der Waals surface area contributed by atoms with E-state index in [1.165, 1.54) is 19.3 Å². The van der Waals surface area contributed by atoms with E-state index in [0.29, 0.717) is 17.7 Å². The van der Waals surface area contributed by atoms with E-state index in [2.05, 4.69) is 29.1 Å². The van der Waals surface area contributed by atoms with E-state index in [1.807, 2.05) is 0 Å². The number of nitrogens with zero attached hydrogens (tertiary/aromatic N) is 2. The molecule has 0 aliphatic heterocycles. The Morgan fingerprint density at radius 3 is 2.84 bits per heavy atom. The summed E-state index contributed by atoms with van der Waals surface area (Å²) in [7, 11) is 1.68. The maximum absolute atomic E-state index is 5.39. The third-order valence-corrected chi connectivity index (χ3v) is 4.15. The van der Waals surface area contributed by atoms with Crippen LogP contribution in [0.5, 0.6) is 5.88 Å². The Labute approximate surface area is 116 Å². The van der Waals surface area contributed by atoms with Crippen molar-refractivity contribution in [2.45, 2.75) is 39.0 Å². The molecule has 1 fully saturated rings. The molecular weight excluding hydrogens is 238 g/mol. The van der Waals surface area contributed by atoms with Crippen LogP contribution < -0.4 is 10.1 Å². The fourth-order valence-corrected chi connectivity index (χ4v) is 3.10. The molecule has 0 bridgehead atoms. The van der Waals surface area contributed by atoms with Gasteiger partial charge in [-0.3, -0.25) is 4.98 Å². The van der Waals surface area contributed by atoms with Crippen LogP contribution in [0.1, 0.15) is 44.7 Å². The number of nitrogens with one attached hydrogen (secondary N) is 1. The molecule has 1 aliphatic rings. The molecule has 1 aliphatic carbocycles. The molecule has 4 nitrogen and oxygen atoms in total. The molecule has 1 heterocycles. The second-order valence-electron chi connectivity index (χ2n) is 5.54. The van der Waals surface area contributed by atoms with Gasteiger partial charge >= 0.3 is 0 Å². The van der Waals surface area contributed by atoms with Crippen molar-refractivity contribution in [3.05, 3.63) is 18.1 Å². The number of ether oxygens (including phenoxy) is 1. The number of hydrogen-bond donors (Lipinski definition) is 1. The first kappa shape index (κ1) is 14.3. The lowest BCUT2D eigenvalue weighted by atomic mass is 9.73. The van der Waals surface area contributed by atoms with Crippen LogP contribution >= 0.6 is 0 Å². The van der Waals surface area contributed by atoms with Gasteiger partial charge in [-0.1, -0.05) is 20.3 Å². The van der Waals surface area contributed by atoms with Crippen LogP contribution in [0.15, 0.2) is 12.4 Å². The highest BCUT2D eigenvalue weighted by Crippen LogP contribution is 2.41. The molecule has 0 saturated heterocycles. The summed E-state index contributed by atoms with van der Waals surface area (Å²) in [6.45, 7) is 6.58. The molecule has 4 heteroatoms. The van der Waals surface area contributed by atoms with Crippen LogP contribution in [0.4, 0.5) is 0 Å². The number of rotatable bonds is 5. The van der Waals surface area contributed by atoms with Gasteiger partial charge in [0.2, 0.25) is 5.88 Å². The van der Waals surface area contributed by atoms with E-state index in [-0.39, 0.29) is 0 Å². The Morgan fingerprint density at radius 2 is 2.11 bits per heavy atom. The van der Waals surface area contributed by atoms with Gasteiger partial charge < -0.3 is 10.1 Å². The lowest BCUT2D eigenvalue weighted by Gasteiger charge is -2.35. The molecule has 0 radical (unpaired) electrons. The first-order chi connectivity index (χ1) is 9.26. The Kier molecular flexibility index (Phi) is 5.14. The predicted octanol–water partition coefficient (Wildman–Crippen LogP) is 2.61. The molecule has 3 atom stereocenters. The average molecular weight is 263 g/mol. The topological polar surface area (TPSA) is 47.0 Å². The minimum Gasteiger partial charge on any atom is -0.480 e. The van der Waals surface area contributed by atoms with E-state index < -0.39 is 0 Å². The molecule has 1 aromatic rings. The van der Waals surface area contributed by atoms with E-state index >= 15 is 0 Å². The summed E-state index contributed by atoms with van der Waals surface area (Å²) in [5, 5.41) is 3.48. The van der Waals surface area contributed by atoms with Gasteiger partial charge in [-0.15, -0.1) is 0 Å². The fourth-order valence-electron chi connectivity index (χ4n) is 3.10. The summed E-state index contributed by atoms with van der Waals surface area (Å²) in [4.78, 5) is 8.86. The minimum absolute atomic E-state index is 0.464. The molecule has 0 amide bonds. The summed E-state index contributed by atoms with van der Waals surface area (Å²) in [6.07, 6.45) is 7.24. The van der Waals surface area contributed by atoms with Crippen molar-refractivity contribution in [1.82, 2.24) is 15.3 Å². The molecule has 106 valence electrons. The smallest absolute Gasteiger partial charge is 0.235 e. The Bertz CT molecular complexity index is 395. The highest BCUT2D eigenvalue weighted by molar-refractivity contribution is 5.23. The summed E-state index contributed by atoms with van der Waals surface area (Å²) < 4.78 is 5.39. The van der Waals surface area contributed by atoms with Crippen LogP contribution in [0.25, 0.3) is 0 Å². The van der Waals surface area contributed by atoms with Crippen LogP contribution in [-0.2, 0) is 0 Å². The lowest BCUT2D eigenvalue weighted by Crippen LogP contribution is -2.32. The lowest BCUT2D eigenvalue weighted by molar-refractivity contribution is 0.233. The van der Waals surface area contributed by atoms with Crippen molar-refractivity contribution < 1.29 is 4.74 Å². The predicted molar refractivity (Wildman–Crippen MR) is 76.4 cm³/mol. The first-order valence-electron chi connectivity index (χ1n) is 7.31. The van der Waals surface area contributed by atoms with E-state index in [0.717, 1.165) is 24.7 Å². The SMILES string of the molecule is CCNCC1CCC(C)CC1c1nccnc1OC. The molecule has 1 saturated carbocycles. The van der Waals surface area contributed by atoms with Gasteiger partial charge in [0.25, 0.3) is 0 Å². The van der Waals surface area contributed by atoms with E-state index in [9.17, 15) is 0 Å². The van der Waals surface area contributed by atoms with Crippen LogP contribution in [0.3, 0.4) is 0 Å². The van der Waals surface area contributed by atoms with Crippen LogP contribution in [-0.4, -0.2) is 30.2 Å². The summed E-state index contributed by atoms with van der Waals surface area (Å²) in [5.74, 6) is 2.56. The number of hydrogen-bond acceptors (Lipinski definition) is 4. The van der Waals surface area contributed by atoms with Crippen LogP contribution in [0, 0.1) is 11.8 Å². The van der Waals surface area contributed by atoms with E-state index in [4.69, 9.17) is 4.74 Å². The third-order valence-electron chi connectivity index (χ3n) is 4.15. The summed E-state index contributed by atoms with van der Waals surface area (Å²) in [5.41, 5.74) is 1.04. The summed E-state index contributed by atoms with van der Waals surface area (Å²) in [6, 6.07) is 0. The molecule has 3 unspecified atom stereocenters. The largest absolute Gasteiger partial charge is 0.480 e. The van der Waals surface area contributed by atoms with Crippen molar-refractivity contribution in [3.8, 4) is 5.88 Å². The summed E-state index contributed by atoms with van der Waals surface area (Å²) >= 11 is 0. The fraction of sp³-hybridized carbons (Fsp3) is 0.733. The highest BCUT2D eigenvalue weighted by atomic mass is 16.5. The molecule has 1 N–H and O–H groups in total. The standard InChI is InChI=1S/C15H25N3O/c1-4-16-10-12-6-5-11(2)9-13(12)14-15(19-3)18-8-7-17-14/h7-8,11-13,16H,4-6,9-10H2,1-3H3. The van der Waals surface area contributed by atoms with Gasteiger partial charge in [-0.2, -0.15) is 0 Å². The quantitative estimate of drug-likeness (QED) is 0.887. The zero-order valence-corrected chi connectivity index (χ0v) is 12.2. The van der Waals surface area contributed by atoms with Gasteiger partial charge in [0.05, 0.1) is 7.11 Å². The Hall–Kier alpha value is -1.16. The van der Waals surface area contributed by atoms with Crippen molar-refractivity contribution in [3.63, 3.8) is 0 Å². The van der Waals surface area contributed by atoms with Crippen molar-refractivity contribution >= 4 is 0 Å². The zero-order valence-electron chi connectivity index (χ0n) is 12.2. The molecule has 2 rings (SSSR count). The van der Waals surface area contributed by atoms with Gasteiger partial charge in [0.1, 0.15) is 5.69 Å². The van der Waals surface area contributed by atoms with Gasteiger partial charge in [-0.25, -0.2) is 4.98 Å². The maximum Gasteiger partial charge on any atom is 0.235 e. The molecule has 1 aromatic heterocycles. The highest BCUT2D eigenvalue weighted by Gasteiger charge is 2.32. The number of methoxy groups -OCH3 is 1. The van der Waals surface area contributed by atoms with Crippen molar-refractivity contribution in [2.75, 3.05) is 20.2 Å².